The summed E-state index contributed by atoms with van der Waals surface area (Å²) >= 11 is 4.88. The lowest BCUT2D eigenvalue weighted by atomic mass is 10.1. The van der Waals surface area contributed by atoms with Gasteiger partial charge in [0.05, 0.1) is 11.5 Å². The van der Waals surface area contributed by atoms with Crippen molar-refractivity contribution in [3.8, 4) is 0 Å². The zero-order valence-electron chi connectivity index (χ0n) is 11.7. The number of hydrogen-bond donors (Lipinski definition) is 1. The van der Waals surface area contributed by atoms with Gasteiger partial charge >= 0.3 is 0 Å². The molecule has 0 atom stereocenters. The van der Waals surface area contributed by atoms with Gasteiger partial charge in [0.2, 0.25) is 10.0 Å². The van der Waals surface area contributed by atoms with E-state index < -0.39 is 10.0 Å². The quantitative estimate of drug-likeness (QED) is 0.854. The van der Waals surface area contributed by atoms with Crippen molar-refractivity contribution in [3.05, 3.63) is 50.1 Å². The first-order valence-corrected chi connectivity index (χ1v) is 9.41. The predicted octanol–water partition coefficient (Wildman–Crippen LogP) is 3.13. The van der Waals surface area contributed by atoms with Crippen molar-refractivity contribution in [3.63, 3.8) is 0 Å². The van der Waals surface area contributed by atoms with Gasteiger partial charge in [-0.1, -0.05) is 6.07 Å². The van der Waals surface area contributed by atoms with E-state index in [0.717, 1.165) is 11.1 Å². The number of aryl methyl sites for hydroxylation is 1. The fraction of sp³-hybridized carbons (Fsp3) is 0.286. The number of sulfonamides is 1. The molecule has 2 aromatic rings. The average molecular weight is 390 g/mol. The Kier molecular flexibility index (Phi) is 5.21. The lowest BCUT2D eigenvalue weighted by Gasteiger charge is -2.19. The summed E-state index contributed by atoms with van der Waals surface area (Å²) in [6.45, 7) is 1.94. The van der Waals surface area contributed by atoms with E-state index in [1.807, 2.05) is 16.8 Å². The smallest absolute Gasteiger partial charge is 0.244 e. The van der Waals surface area contributed by atoms with E-state index in [0.29, 0.717) is 16.6 Å². The van der Waals surface area contributed by atoms with Crippen LogP contribution in [0.3, 0.4) is 0 Å². The van der Waals surface area contributed by atoms with Gasteiger partial charge in [-0.2, -0.15) is 15.6 Å². The van der Waals surface area contributed by atoms with E-state index in [4.69, 9.17) is 0 Å². The number of rotatable bonds is 5. The molecule has 0 fully saturated rings. The number of nitrogens with zero attached hydrogens (tertiary/aromatic N) is 1. The normalized spacial score (nSPS) is 12.0. The molecule has 1 heterocycles. The van der Waals surface area contributed by atoms with Crippen LogP contribution in [-0.2, 0) is 23.2 Å². The second-order valence-corrected chi connectivity index (χ2v) is 8.36. The van der Waals surface area contributed by atoms with Crippen LogP contribution in [0.15, 0.2) is 38.3 Å². The standard InChI is InChI=1S/C14H16BrNO3S2/c1-10-5-12(8-17)6-13(14(10)15)21(18,19)16(2)7-11-3-4-20-9-11/h3-6,9,17H,7-8H2,1-2H3. The van der Waals surface area contributed by atoms with E-state index in [9.17, 15) is 13.5 Å². The van der Waals surface area contributed by atoms with E-state index >= 15 is 0 Å². The molecule has 114 valence electrons. The van der Waals surface area contributed by atoms with Crippen LogP contribution in [0.1, 0.15) is 16.7 Å². The highest BCUT2D eigenvalue weighted by Crippen LogP contribution is 2.30. The Labute approximate surface area is 137 Å². The number of halogens is 1. The first kappa shape index (κ1) is 16.6. The van der Waals surface area contributed by atoms with Gasteiger partial charge in [0.15, 0.2) is 0 Å². The van der Waals surface area contributed by atoms with Crippen LogP contribution in [0, 0.1) is 6.92 Å². The third kappa shape index (κ3) is 3.54. The molecule has 0 saturated carbocycles. The fourth-order valence-electron chi connectivity index (χ4n) is 1.98. The summed E-state index contributed by atoms with van der Waals surface area (Å²) in [6, 6.07) is 5.18. The molecule has 0 aliphatic carbocycles. The van der Waals surface area contributed by atoms with Gasteiger partial charge in [0.1, 0.15) is 0 Å². The van der Waals surface area contributed by atoms with Gasteiger partial charge in [-0.05, 0) is 62.4 Å². The van der Waals surface area contributed by atoms with E-state index in [2.05, 4.69) is 15.9 Å². The first-order chi connectivity index (χ1) is 9.86. The molecule has 0 aliphatic rings. The molecular formula is C14H16BrNO3S2. The van der Waals surface area contributed by atoms with Crippen LogP contribution >= 0.6 is 27.3 Å². The average Bonchev–Trinajstić information content (AvgIpc) is 2.94. The molecule has 1 aromatic carbocycles. The van der Waals surface area contributed by atoms with Gasteiger partial charge in [-0.25, -0.2) is 8.42 Å². The lowest BCUT2D eigenvalue weighted by Crippen LogP contribution is -2.27. The van der Waals surface area contributed by atoms with Crippen LogP contribution < -0.4 is 0 Å². The molecule has 0 amide bonds. The van der Waals surface area contributed by atoms with Crippen molar-refractivity contribution in [2.24, 2.45) is 0 Å². The molecule has 0 aliphatic heterocycles. The molecule has 1 N–H and O–H groups in total. The number of aliphatic hydroxyl groups excluding tert-OH is 1. The maximum absolute atomic E-state index is 12.7. The maximum Gasteiger partial charge on any atom is 0.244 e. The number of benzene rings is 1. The minimum atomic E-state index is -3.62. The fourth-order valence-corrected chi connectivity index (χ4v) is 4.83. The molecule has 4 nitrogen and oxygen atoms in total. The van der Waals surface area contributed by atoms with Crippen molar-refractivity contribution in [2.45, 2.75) is 25.0 Å². The SMILES string of the molecule is Cc1cc(CO)cc(S(=O)(=O)N(C)Cc2ccsc2)c1Br. The van der Waals surface area contributed by atoms with Gasteiger partial charge in [0, 0.05) is 18.1 Å². The van der Waals surface area contributed by atoms with E-state index in [1.165, 1.54) is 21.7 Å². The third-order valence-electron chi connectivity index (χ3n) is 3.14. The van der Waals surface area contributed by atoms with Gasteiger partial charge in [-0.3, -0.25) is 0 Å². The Balaban J connectivity index is 2.41. The molecule has 21 heavy (non-hydrogen) atoms. The summed E-state index contributed by atoms with van der Waals surface area (Å²) in [4.78, 5) is 0.185. The summed E-state index contributed by atoms with van der Waals surface area (Å²) in [5.41, 5.74) is 2.32. The van der Waals surface area contributed by atoms with Gasteiger partial charge in [0.25, 0.3) is 0 Å². The Hall–Kier alpha value is -0.730. The first-order valence-electron chi connectivity index (χ1n) is 6.23. The highest BCUT2D eigenvalue weighted by atomic mass is 79.9. The number of hydrogen-bond acceptors (Lipinski definition) is 4. The molecule has 0 saturated heterocycles. The number of thiophene rings is 1. The molecule has 0 radical (unpaired) electrons. The highest BCUT2D eigenvalue weighted by Gasteiger charge is 2.25. The molecule has 1 aromatic heterocycles. The van der Waals surface area contributed by atoms with Crippen LogP contribution in [-0.4, -0.2) is 24.9 Å². The van der Waals surface area contributed by atoms with Gasteiger partial charge in [-0.15, -0.1) is 0 Å². The number of aliphatic hydroxyl groups is 1. The van der Waals surface area contributed by atoms with Crippen molar-refractivity contribution in [1.82, 2.24) is 4.31 Å². The van der Waals surface area contributed by atoms with Gasteiger partial charge < -0.3 is 5.11 Å². The maximum atomic E-state index is 12.7. The monoisotopic (exact) mass is 389 g/mol. The summed E-state index contributed by atoms with van der Waals surface area (Å²) in [5, 5.41) is 13.1. The molecule has 0 bridgehead atoms. The largest absolute Gasteiger partial charge is 0.392 e. The van der Waals surface area contributed by atoms with E-state index in [-0.39, 0.29) is 11.5 Å². The summed E-state index contributed by atoms with van der Waals surface area (Å²) in [5.74, 6) is 0. The minimum Gasteiger partial charge on any atom is -0.392 e. The minimum absolute atomic E-state index is 0.185. The Bertz CT molecular complexity index is 727. The summed E-state index contributed by atoms with van der Waals surface area (Å²) in [7, 11) is -2.06. The summed E-state index contributed by atoms with van der Waals surface area (Å²) < 4.78 is 27.3. The third-order valence-corrected chi connectivity index (χ3v) is 7.01. The Morgan fingerprint density at radius 3 is 2.62 bits per heavy atom. The summed E-state index contributed by atoms with van der Waals surface area (Å²) in [6.07, 6.45) is 0. The molecule has 7 heteroatoms. The van der Waals surface area contributed by atoms with Crippen LogP contribution in [0.4, 0.5) is 0 Å². The zero-order valence-corrected chi connectivity index (χ0v) is 14.9. The highest BCUT2D eigenvalue weighted by molar-refractivity contribution is 9.10. The Morgan fingerprint density at radius 1 is 1.33 bits per heavy atom. The topological polar surface area (TPSA) is 57.6 Å². The van der Waals surface area contributed by atoms with Crippen LogP contribution in [0.25, 0.3) is 0 Å². The Morgan fingerprint density at radius 2 is 2.05 bits per heavy atom. The molecular weight excluding hydrogens is 374 g/mol. The zero-order chi connectivity index (χ0) is 15.6. The molecule has 0 spiro atoms. The van der Waals surface area contributed by atoms with Crippen molar-refractivity contribution < 1.29 is 13.5 Å². The van der Waals surface area contributed by atoms with Crippen molar-refractivity contribution >= 4 is 37.3 Å². The van der Waals surface area contributed by atoms with Crippen LogP contribution in [0.2, 0.25) is 0 Å². The second kappa shape index (κ2) is 6.58. The predicted molar refractivity (Wildman–Crippen MR) is 87.8 cm³/mol. The van der Waals surface area contributed by atoms with E-state index in [1.54, 1.807) is 20.0 Å². The van der Waals surface area contributed by atoms with Crippen molar-refractivity contribution in [1.29, 1.82) is 0 Å². The lowest BCUT2D eigenvalue weighted by molar-refractivity contribution is 0.281. The van der Waals surface area contributed by atoms with Crippen LogP contribution in [0.5, 0.6) is 0 Å². The molecule has 0 unspecified atom stereocenters. The molecule has 2 rings (SSSR count). The van der Waals surface area contributed by atoms with Crippen molar-refractivity contribution in [2.75, 3.05) is 7.05 Å². The second-order valence-electron chi connectivity index (χ2n) is 4.78.